The van der Waals surface area contributed by atoms with Gasteiger partial charge in [0.05, 0.1) is 4.90 Å². The van der Waals surface area contributed by atoms with Crippen LogP contribution in [0, 0.1) is 0 Å². The third kappa shape index (κ3) is 4.04. The molecular weight excluding hydrogens is 297 g/mol. The van der Waals surface area contributed by atoms with Crippen molar-refractivity contribution < 1.29 is 31.5 Å². The van der Waals surface area contributed by atoms with Crippen LogP contribution in [0.25, 0.3) is 0 Å². The van der Waals surface area contributed by atoms with Crippen LogP contribution in [0.4, 0.5) is 13.2 Å². The van der Waals surface area contributed by atoms with Crippen LogP contribution < -0.4 is 0 Å². The number of alkyl halides is 3. The molecular formula is C12H13F3O4S. The molecule has 8 heteroatoms. The highest BCUT2D eigenvalue weighted by Crippen LogP contribution is 2.26. The molecule has 0 aliphatic carbocycles. The number of carbonyl (C=O) groups excluding carboxylic acids is 1. The Hall–Kier alpha value is -1.41. The van der Waals surface area contributed by atoms with Gasteiger partial charge in [0.1, 0.15) is 5.60 Å². The van der Waals surface area contributed by atoms with Crippen LogP contribution in [0.1, 0.15) is 12.5 Å². The molecule has 0 radical (unpaired) electrons. The zero-order valence-electron chi connectivity index (χ0n) is 10.7. The molecule has 0 spiro atoms. The summed E-state index contributed by atoms with van der Waals surface area (Å²) >= 11 is 0. The van der Waals surface area contributed by atoms with Gasteiger partial charge in [-0.15, -0.1) is 0 Å². The van der Waals surface area contributed by atoms with Gasteiger partial charge in [0, 0.05) is 12.7 Å². The molecule has 0 aliphatic heterocycles. The van der Waals surface area contributed by atoms with Crippen LogP contribution in [0.3, 0.4) is 0 Å². The summed E-state index contributed by atoms with van der Waals surface area (Å²) in [6.45, 7) is 0.771. The van der Waals surface area contributed by atoms with Crippen molar-refractivity contribution in [3.8, 4) is 0 Å². The number of Topliss-reactive ketones (excluding diaryl/α,β-unsaturated/α-hetero) is 1. The Morgan fingerprint density at radius 3 is 2.00 bits per heavy atom. The summed E-state index contributed by atoms with van der Waals surface area (Å²) in [5, 5.41) is 9.61. The molecule has 0 bridgehead atoms. The van der Waals surface area contributed by atoms with Crippen LogP contribution in [-0.4, -0.2) is 37.3 Å². The van der Waals surface area contributed by atoms with Crippen molar-refractivity contribution in [1.29, 1.82) is 0 Å². The second-order valence-electron chi connectivity index (χ2n) is 4.69. The normalized spacial score (nSPS) is 15.7. The first-order valence-corrected chi connectivity index (χ1v) is 7.36. The first-order chi connectivity index (χ1) is 8.84. The number of benzene rings is 1. The number of sulfone groups is 1. The van der Waals surface area contributed by atoms with E-state index >= 15 is 0 Å². The Bertz CT molecular complexity index is 601. The molecule has 0 amide bonds. The second kappa shape index (κ2) is 5.17. The lowest BCUT2D eigenvalue weighted by Crippen LogP contribution is -2.46. The molecule has 0 aromatic heterocycles. The zero-order chi connectivity index (χ0) is 15.8. The SMILES string of the molecule is C[C@@](O)(Cc1ccc(S(C)(=O)=O)cc1)C(=O)C(F)(F)F. The van der Waals surface area contributed by atoms with E-state index in [0.717, 1.165) is 13.2 Å². The lowest BCUT2D eigenvalue weighted by Gasteiger charge is -2.23. The molecule has 0 saturated heterocycles. The van der Waals surface area contributed by atoms with E-state index in [-0.39, 0.29) is 10.5 Å². The van der Waals surface area contributed by atoms with Gasteiger partial charge >= 0.3 is 6.18 Å². The van der Waals surface area contributed by atoms with Gasteiger partial charge in [0.2, 0.25) is 0 Å². The van der Waals surface area contributed by atoms with Gasteiger partial charge in [0.15, 0.2) is 9.84 Å². The maximum Gasteiger partial charge on any atom is 0.453 e. The topological polar surface area (TPSA) is 71.4 Å². The Morgan fingerprint density at radius 1 is 1.20 bits per heavy atom. The van der Waals surface area contributed by atoms with Crippen molar-refractivity contribution in [3.63, 3.8) is 0 Å². The third-order valence-electron chi connectivity index (χ3n) is 2.65. The van der Waals surface area contributed by atoms with Gasteiger partial charge in [-0.05, 0) is 24.6 Å². The quantitative estimate of drug-likeness (QED) is 0.915. The van der Waals surface area contributed by atoms with Crippen LogP contribution >= 0.6 is 0 Å². The highest BCUT2D eigenvalue weighted by molar-refractivity contribution is 7.90. The maximum absolute atomic E-state index is 12.3. The molecule has 0 unspecified atom stereocenters. The summed E-state index contributed by atoms with van der Waals surface area (Å²) < 4.78 is 59.3. The first-order valence-electron chi connectivity index (χ1n) is 5.47. The lowest BCUT2D eigenvalue weighted by atomic mass is 9.92. The molecule has 20 heavy (non-hydrogen) atoms. The van der Waals surface area contributed by atoms with E-state index in [9.17, 15) is 31.5 Å². The molecule has 112 valence electrons. The average Bonchev–Trinajstić information content (AvgIpc) is 2.25. The Morgan fingerprint density at radius 2 is 1.65 bits per heavy atom. The Balaban J connectivity index is 2.97. The lowest BCUT2D eigenvalue weighted by molar-refractivity contribution is -0.188. The van der Waals surface area contributed by atoms with Crippen LogP contribution in [0.15, 0.2) is 29.2 Å². The predicted molar refractivity (Wildman–Crippen MR) is 64.9 cm³/mol. The largest absolute Gasteiger partial charge is 0.453 e. The fraction of sp³-hybridized carbons (Fsp3) is 0.417. The van der Waals surface area contributed by atoms with E-state index in [4.69, 9.17) is 0 Å². The van der Waals surface area contributed by atoms with E-state index in [2.05, 4.69) is 0 Å². The molecule has 1 aromatic rings. The standard InChI is InChI=1S/C12H13F3O4S/c1-11(17,10(16)12(13,14)15)7-8-3-5-9(6-4-8)20(2,18)19/h3-6,17H,7H2,1-2H3/t11-/m1/s1. The Kier molecular flexibility index (Phi) is 4.31. The van der Waals surface area contributed by atoms with Gasteiger partial charge in [0.25, 0.3) is 5.78 Å². The average molecular weight is 310 g/mol. The molecule has 1 rings (SSSR count). The van der Waals surface area contributed by atoms with Crippen molar-refractivity contribution in [1.82, 2.24) is 0 Å². The summed E-state index contributed by atoms with van der Waals surface area (Å²) in [5.41, 5.74) is -2.37. The smallest absolute Gasteiger partial charge is 0.382 e. The van der Waals surface area contributed by atoms with Crippen molar-refractivity contribution >= 4 is 15.6 Å². The van der Waals surface area contributed by atoms with Crippen molar-refractivity contribution in [2.75, 3.05) is 6.26 Å². The maximum atomic E-state index is 12.3. The number of rotatable bonds is 4. The predicted octanol–water partition coefficient (Wildman–Crippen LogP) is 1.52. The van der Waals surface area contributed by atoms with Crippen molar-refractivity contribution in [2.45, 2.75) is 30.0 Å². The molecule has 0 fully saturated rings. The summed E-state index contributed by atoms with van der Waals surface area (Å²) in [6, 6.07) is 4.93. The monoisotopic (exact) mass is 310 g/mol. The van der Waals surface area contributed by atoms with Gasteiger partial charge < -0.3 is 5.11 Å². The zero-order valence-corrected chi connectivity index (χ0v) is 11.5. The molecule has 0 heterocycles. The number of hydrogen-bond donors (Lipinski definition) is 1. The minimum Gasteiger partial charge on any atom is -0.382 e. The minimum absolute atomic E-state index is 0.00282. The van der Waals surface area contributed by atoms with Crippen LogP contribution in [-0.2, 0) is 21.1 Å². The van der Waals surface area contributed by atoms with E-state index in [1.165, 1.54) is 24.3 Å². The van der Waals surface area contributed by atoms with Gasteiger partial charge in [-0.25, -0.2) is 8.42 Å². The van der Waals surface area contributed by atoms with Gasteiger partial charge in [-0.3, -0.25) is 4.79 Å². The van der Waals surface area contributed by atoms with E-state index in [1.807, 2.05) is 0 Å². The highest BCUT2D eigenvalue weighted by Gasteiger charge is 2.49. The number of hydrogen-bond acceptors (Lipinski definition) is 4. The molecule has 0 saturated carbocycles. The fourth-order valence-electron chi connectivity index (χ4n) is 1.64. The van der Waals surface area contributed by atoms with Gasteiger partial charge in [-0.1, -0.05) is 12.1 Å². The number of carbonyl (C=O) groups is 1. The molecule has 1 aromatic carbocycles. The summed E-state index contributed by atoms with van der Waals surface area (Å²) in [5.74, 6) is -2.24. The highest BCUT2D eigenvalue weighted by atomic mass is 32.2. The van der Waals surface area contributed by atoms with Crippen molar-refractivity contribution in [2.24, 2.45) is 0 Å². The van der Waals surface area contributed by atoms with Crippen LogP contribution in [0.2, 0.25) is 0 Å². The number of aliphatic hydroxyl groups is 1. The summed E-state index contributed by atoms with van der Waals surface area (Å²) in [7, 11) is -3.41. The third-order valence-corrected chi connectivity index (χ3v) is 3.77. The van der Waals surface area contributed by atoms with E-state index in [1.54, 1.807) is 0 Å². The van der Waals surface area contributed by atoms with Gasteiger partial charge in [-0.2, -0.15) is 13.2 Å². The van der Waals surface area contributed by atoms with E-state index in [0.29, 0.717) is 0 Å². The number of ketones is 1. The summed E-state index contributed by atoms with van der Waals surface area (Å²) in [6.07, 6.45) is -4.70. The first kappa shape index (κ1) is 16.6. The second-order valence-corrected chi connectivity index (χ2v) is 6.71. The molecule has 0 aliphatic rings. The summed E-state index contributed by atoms with van der Waals surface area (Å²) in [4.78, 5) is 11.0. The molecule has 4 nitrogen and oxygen atoms in total. The van der Waals surface area contributed by atoms with Crippen LogP contribution in [0.5, 0.6) is 0 Å². The van der Waals surface area contributed by atoms with Crippen molar-refractivity contribution in [3.05, 3.63) is 29.8 Å². The molecule has 1 N–H and O–H groups in total. The fourth-order valence-corrected chi connectivity index (χ4v) is 2.27. The van der Waals surface area contributed by atoms with E-state index < -0.39 is 33.8 Å². The Labute approximate surface area is 114 Å². The number of halogens is 3. The molecule has 1 atom stereocenters. The minimum atomic E-state index is -5.13.